The zero-order valence-corrected chi connectivity index (χ0v) is 11.7. The Labute approximate surface area is 121 Å². The van der Waals surface area contributed by atoms with Crippen molar-refractivity contribution in [1.82, 2.24) is 0 Å². The third-order valence-electron chi connectivity index (χ3n) is 2.58. The van der Waals surface area contributed by atoms with Crippen molar-refractivity contribution in [2.75, 3.05) is 4.72 Å². The number of benzene rings is 2. The van der Waals surface area contributed by atoms with Gasteiger partial charge in [-0.3, -0.25) is 14.8 Å². The van der Waals surface area contributed by atoms with Gasteiger partial charge in [0, 0.05) is 17.8 Å². The lowest BCUT2D eigenvalue weighted by molar-refractivity contribution is -0.384. The predicted molar refractivity (Wildman–Crippen MR) is 81.1 cm³/mol. The first-order valence-corrected chi connectivity index (χ1v) is 7.51. The molecule has 0 aliphatic rings. The molecule has 0 bridgehead atoms. The van der Waals surface area contributed by atoms with Crippen LogP contribution in [0.4, 0.5) is 11.4 Å². The van der Waals surface area contributed by atoms with Crippen LogP contribution in [0.3, 0.4) is 0 Å². The molecule has 0 heterocycles. The molecule has 0 spiro atoms. The number of nitro benzene ring substituents is 1. The number of sulfonamides is 1. The first kappa shape index (κ1) is 14.7. The summed E-state index contributed by atoms with van der Waals surface area (Å²) in [5, 5.41) is 11.5. The van der Waals surface area contributed by atoms with Gasteiger partial charge in [-0.15, -0.1) is 0 Å². The van der Waals surface area contributed by atoms with E-state index in [0.717, 1.165) is 5.41 Å². The van der Waals surface area contributed by atoms with Gasteiger partial charge in [-0.25, -0.2) is 8.42 Å². The van der Waals surface area contributed by atoms with Crippen LogP contribution in [-0.4, -0.2) is 13.3 Å². The molecule has 2 aromatic rings. The molecule has 0 atom stereocenters. The third-order valence-corrected chi connectivity index (χ3v) is 3.59. The fraction of sp³-hybridized carbons (Fsp3) is 0. The minimum absolute atomic E-state index is 0.0441. The normalized spacial score (nSPS) is 11.4. The first-order valence-electron chi connectivity index (χ1n) is 5.97. The molecule has 0 aliphatic carbocycles. The van der Waals surface area contributed by atoms with Gasteiger partial charge in [-0.1, -0.05) is 18.2 Å². The molecule has 0 saturated heterocycles. The maximum Gasteiger partial charge on any atom is 0.269 e. The number of nitro groups is 1. The van der Waals surface area contributed by atoms with Gasteiger partial charge >= 0.3 is 0 Å². The molecule has 6 nitrogen and oxygen atoms in total. The van der Waals surface area contributed by atoms with Crippen LogP contribution < -0.4 is 4.72 Å². The fourth-order valence-electron chi connectivity index (χ4n) is 1.58. The van der Waals surface area contributed by atoms with Crippen molar-refractivity contribution in [1.29, 1.82) is 0 Å². The second-order valence-corrected chi connectivity index (χ2v) is 5.73. The van der Waals surface area contributed by atoms with E-state index in [1.807, 2.05) is 0 Å². The molecular formula is C14H12N2O4S. The number of nitrogens with one attached hydrogen (secondary N) is 1. The van der Waals surface area contributed by atoms with Gasteiger partial charge in [0.1, 0.15) is 0 Å². The van der Waals surface area contributed by atoms with Crippen molar-refractivity contribution in [2.45, 2.75) is 0 Å². The zero-order valence-electron chi connectivity index (χ0n) is 10.8. The Morgan fingerprint density at radius 3 is 2.19 bits per heavy atom. The molecule has 0 unspecified atom stereocenters. The lowest BCUT2D eigenvalue weighted by atomic mass is 10.2. The van der Waals surface area contributed by atoms with Gasteiger partial charge in [-0.05, 0) is 35.9 Å². The average molecular weight is 304 g/mol. The molecule has 0 fully saturated rings. The smallest absolute Gasteiger partial charge is 0.269 e. The minimum atomic E-state index is -3.62. The summed E-state index contributed by atoms with van der Waals surface area (Å²) in [4.78, 5) is 10.0. The molecule has 1 N–H and O–H groups in total. The van der Waals surface area contributed by atoms with Crippen LogP contribution in [0.25, 0.3) is 6.08 Å². The van der Waals surface area contributed by atoms with Crippen molar-refractivity contribution in [2.24, 2.45) is 0 Å². The van der Waals surface area contributed by atoms with E-state index in [4.69, 9.17) is 0 Å². The summed E-state index contributed by atoms with van der Waals surface area (Å²) in [7, 11) is -3.62. The molecule has 108 valence electrons. The second-order valence-electron chi connectivity index (χ2n) is 4.16. The number of nitrogens with zero attached hydrogens (tertiary/aromatic N) is 1. The molecule has 2 rings (SSSR count). The topological polar surface area (TPSA) is 89.3 Å². The molecule has 0 saturated carbocycles. The van der Waals surface area contributed by atoms with Crippen LogP contribution in [0.2, 0.25) is 0 Å². The lowest BCUT2D eigenvalue weighted by Gasteiger charge is -2.03. The highest BCUT2D eigenvalue weighted by atomic mass is 32.2. The molecule has 0 amide bonds. The summed E-state index contributed by atoms with van der Waals surface area (Å²) in [6.07, 6.45) is 1.37. The molecule has 0 aliphatic heterocycles. The highest BCUT2D eigenvalue weighted by Crippen LogP contribution is 2.14. The largest absolute Gasteiger partial charge is 0.280 e. The summed E-state index contributed by atoms with van der Waals surface area (Å²) in [6, 6.07) is 14.1. The van der Waals surface area contributed by atoms with Crippen molar-refractivity contribution in [3.05, 3.63) is 75.7 Å². The van der Waals surface area contributed by atoms with Gasteiger partial charge < -0.3 is 0 Å². The van der Waals surface area contributed by atoms with Gasteiger partial charge in [0.05, 0.1) is 10.3 Å². The standard InChI is InChI=1S/C14H12N2O4S/c17-16(18)14-8-6-12(7-9-14)10-11-21(19,20)15-13-4-2-1-3-5-13/h1-11,15H/b11-10+. The van der Waals surface area contributed by atoms with E-state index in [1.165, 1.54) is 30.3 Å². The number of hydrogen-bond acceptors (Lipinski definition) is 4. The number of non-ortho nitro benzene ring substituents is 1. The maximum absolute atomic E-state index is 11.8. The van der Waals surface area contributed by atoms with E-state index in [-0.39, 0.29) is 5.69 Å². The van der Waals surface area contributed by atoms with Gasteiger partial charge in [0.25, 0.3) is 15.7 Å². The number of rotatable bonds is 5. The average Bonchev–Trinajstić information content (AvgIpc) is 2.46. The third kappa shape index (κ3) is 4.43. The summed E-state index contributed by atoms with van der Waals surface area (Å²) in [6.45, 7) is 0. The van der Waals surface area contributed by atoms with Crippen LogP contribution in [0.15, 0.2) is 60.0 Å². The molecule has 0 radical (unpaired) electrons. The van der Waals surface area contributed by atoms with Crippen molar-refractivity contribution < 1.29 is 13.3 Å². The Bertz CT molecular complexity index is 753. The van der Waals surface area contributed by atoms with Gasteiger partial charge in [0.2, 0.25) is 0 Å². The van der Waals surface area contributed by atoms with Crippen LogP contribution in [0, 0.1) is 10.1 Å². The van der Waals surface area contributed by atoms with E-state index < -0.39 is 14.9 Å². The van der Waals surface area contributed by atoms with E-state index in [0.29, 0.717) is 11.3 Å². The van der Waals surface area contributed by atoms with Crippen LogP contribution in [-0.2, 0) is 10.0 Å². The van der Waals surface area contributed by atoms with Crippen molar-refractivity contribution in [3.8, 4) is 0 Å². The number of para-hydroxylation sites is 1. The maximum atomic E-state index is 11.8. The van der Waals surface area contributed by atoms with Crippen LogP contribution in [0.1, 0.15) is 5.56 Å². The lowest BCUT2D eigenvalue weighted by Crippen LogP contribution is -2.08. The van der Waals surface area contributed by atoms with Crippen molar-refractivity contribution >= 4 is 27.5 Å². The Morgan fingerprint density at radius 1 is 1.00 bits per heavy atom. The van der Waals surface area contributed by atoms with E-state index in [1.54, 1.807) is 30.3 Å². The van der Waals surface area contributed by atoms with Crippen LogP contribution >= 0.6 is 0 Å². The monoisotopic (exact) mass is 304 g/mol. The van der Waals surface area contributed by atoms with Gasteiger partial charge in [0.15, 0.2) is 0 Å². The number of hydrogen-bond donors (Lipinski definition) is 1. The quantitative estimate of drug-likeness (QED) is 0.679. The minimum Gasteiger partial charge on any atom is -0.280 e. The molecule has 7 heteroatoms. The fourth-order valence-corrected chi connectivity index (χ4v) is 2.45. The van der Waals surface area contributed by atoms with Crippen molar-refractivity contribution in [3.63, 3.8) is 0 Å². The summed E-state index contributed by atoms with van der Waals surface area (Å²) in [5.41, 5.74) is 0.974. The molecular weight excluding hydrogens is 292 g/mol. The number of anilines is 1. The highest BCUT2D eigenvalue weighted by molar-refractivity contribution is 7.95. The Kier molecular flexibility index (Phi) is 4.34. The molecule has 0 aromatic heterocycles. The van der Waals surface area contributed by atoms with E-state index >= 15 is 0 Å². The zero-order chi connectivity index (χ0) is 15.3. The molecule has 21 heavy (non-hydrogen) atoms. The summed E-state index contributed by atoms with van der Waals surface area (Å²) < 4.78 is 26.1. The Balaban J connectivity index is 2.10. The van der Waals surface area contributed by atoms with E-state index in [2.05, 4.69) is 4.72 Å². The highest BCUT2D eigenvalue weighted by Gasteiger charge is 2.06. The SMILES string of the molecule is O=[N+]([O-])c1ccc(/C=C/S(=O)(=O)Nc2ccccc2)cc1. The first-order chi connectivity index (χ1) is 9.96. The predicted octanol–water partition coefficient (Wildman–Crippen LogP) is 3.01. The summed E-state index contributed by atoms with van der Waals surface area (Å²) >= 11 is 0. The summed E-state index contributed by atoms with van der Waals surface area (Å²) in [5.74, 6) is 0. The Hall–Kier alpha value is -2.67. The second kappa shape index (κ2) is 6.19. The van der Waals surface area contributed by atoms with Crippen LogP contribution in [0.5, 0.6) is 0 Å². The van der Waals surface area contributed by atoms with E-state index in [9.17, 15) is 18.5 Å². The molecule has 2 aromatic carbocycles. The Morgan fingerprint density at radius 2 is 1.62 bits per heavy atom. The van der Waals surface area contributed by atoms with Gasteiger partial charge in [-0.2, -0.15) is 0 Å².